The molecule has 0 saturated heterocycles. The molecular weight excluding hydrogens is 366 g/mol. The fraction of sp³-hybridized carbons (Fsp3) is 0.182. The van der Waals surface area contributed by atoms with Gasteiger partial charge in [0.15, 0.2) is 5.65 Å². The molecule has 7 heteroatoms. The van der Waals surface area contributed by atoms with E-state index in [1.807, 2.05) is 42.6 Å². The molecule has 0 aliphatic carbocycles. The fourth-order valence-corrected chi connectivity index (χ4v) is 3.19. The van der Waals surface area contributed by atoms with Crippen LogP contribution in [0.3, 0.4) is 0 Å². The van der Waals surface area contributed by atoms with E-state index in [0.717, 1.165) is 35.3 Å². The van der Waals surface area contributed by atoms with Gasteiger partial charge in [0.25, 0.3) is 5.91 Å². The van der Waals surface area contributed by atoms with Crippen LogP contribution in [0, 0.1) is 0 Å². The number of carbonyl (C=O) groups is 1. The van der Waals surface area contributed by atoms with Crippen LogP contribution in [0.5, 0.6) is 0 Å². The lowest BCUT2D eigenvalue weighted by Gasteiger charge is -2.10. The molecule has 0 unspecified atom stereocenters. The Morgan fingerprint density at radius 1 is 1.21 bits per heavy atom. The largest absolute Gasteiger partial charge is 0.306 e. The van der Waals surface area contributed by atoms with Gasteiger partial charge in [0, 0.05) is 28.0 Å². The van der Waals surface area contributed by atoms with Crippen molar-refractivity contribution < 1.29 is 14.4 Å². The first kappa shape index (κ1) is 18.6. The Kier molecular flexibility index (Phi) is 5.20. The van der Waals surface area contributed by atoms with Gasteiger partial charge < -0.3 is 5.32 Å². The Bertz CT molecular complexity index is 1150. The molecule has 4 aromatic rings. The molecular formula is C22H22N5O2+. The van der Waals surface area contributed by atoms with Crippen molar-refractivity contribution in [2.75, 3.05) is 12.4 Å². The van der Waals surface area contributed by atoms with Gasteiger partial charge in [0.2, 0.25) is 12.4 Å². The van der Waals surface area contributed by atoms with Crippen LogP contribution in [0.25, 0.3) is 16.9 Å². The number of amides is 1. The zero-order valence-corrected chi connectivity index (χ0v) is 16.4. The van der Waals surface area contributed by atoms with Crippen molar-refractivity contribution in [3.8, 4) is 11.3 Å². The molecule has 0 aliphatic rings. The highest BCUT2D eigenvalue weighted by atomic mass is 16.6. The van der Waals surface area contributed by atoms with Gasteiger partial charge in [0.05, 0.1) is 11.9 Å². The molecule has 29 heavy (non-hydrogen) atoms. The van der Waals surface area contributed by atoms with E-state index in [0.29, 0.717) is 11.4 Å². The third kappa shape index (κ3) is 3.80. The maximum Gasteiger partial charge on any atom is 0.263 e. The maximum atomic E-state index is 12.9. The second-order valence-electron chi connectivity index (χ2n) is 6.64. The maximum absolute atomic E-state index is 12.9. The monoisotopic (exact) mass is 388 g/mol. The average Bonchev–Trinajstić information content (AvgIpc) is 3.18. The summed E-state index contributed by atoms with van der Waals surface area (Å²) < 4.78 is 3.16. The number of nitrogens with zero attached hydrogens (tertiary/aromatic N) is 4. The smallest absolute Gasteiger partial charge is 0.263 e. The van der Waals surface area contributed by atoms with Gasteiger partial charge in [0.1, 0.15) is 18.5 Å². The first-order valence-corrected chi connectivity index (χ1v) is 9.50. The van der Waals surface area contributed by atoms with E-state index in [2.05, 4.69) is 17.3 Å². The zero-order chi connectivity index (χ0) is 20.2. The van der Waals surface area contributed by atoms with E-state index < -0.39 is 0 Å². The summed E-state index contributed by atoms with van der Waals surface area (Å²) in [6, 6.07) is 15.2. The normalized spacial score (nSPS) is 10.8. The number of aromatic nitrogens is 4. The van der Waals surface area contributed by atoms with Crippen molar-refractivity contribution in [3.63, 3.8) is 0 Å². The second-order valence-corrected chi connectivity index (χ2v) is 6.64. The van der Waals surface area contributed by atoms with Crippen LogP contribution in [-0.2, 0) is 6.42 Å². The third-order valence-electron chi connectivity index (χ3n) is 4.62. The first-order valence-electron chi connectivity index (χ1n) is 9.50. The molecule has 0 spiro atoms. The number of anilines is 1. The van der Waals surface area contributed by atoms with Crippen molar-refractivity contribution in [2.45, 2.75) is 19.8 Å². The molecule has 3 aromatic heterocycles. The predicted octanol–water partition coefficient (Wildman–Crippen LogP) is 2.95. The van der Waals surface area contributed by atoms with Crippen molar-refractivity contribution in [1.29, 1.82) is 0 Å². The standard InChI is InChI=1S/C22H21N5O2/c1-3-8-17-14-23-27-20(25-22(28)18-11-7-12-26(15-18)29-2)13-19(24-21(17)27)16-9-5-4-6-10-16/h4-7,9-15H,3,8H2,1-2H3/p+1. The molecule has 0 fully saturated rings. The van der Waals surface area contributed by atoms with Crippen LogP contribution in [-0.4, -0.2) is 27.6 Å². The number of benzene rings is 1. The Morgan fingerprint density at radius 3 is 2.79 bits per heavy atom. The highest BCUT2D eigenvalue weighted by Crippen LogP contribution is 2.24. The number of nitrogens with one attached hydrogen (secondary N) is 1. The lowest BCUT2D eigenvalue weighted by molar-refractivity contribution is -0.885. The number of carbonyl (C=O) groups excluding carboxylic acids is 1. The number of hydrogen-bond acceptors (Lipinski definition) is 4. The Labute approximate surface area is 168 Å². The molecule has 1 aromatic carbocycles. The molecule has 0 atom stereocenters. The second kappa shape index (κ2) is 8.10. The van der Waals surface area contributed by atoms with Gasteiger partial charge in [-0.15, -0.1) is 0 Å². The predicted molar refractivity (Wildman–Crippen MR) is 110 cm³/mol. The molecule has 7 nitrogen and oxygen atoms in total. The first-order chi connectivity index (χ1) is 14.2. The molecule has 146 valence electrons. The van der Waals surface area contributed by atoms with Gasteiger partial charge in [-0.2, -0.15) is 9.61 Å². The van der Waals surface area contributed by atoms with E-state index in [4.69, 9.17) is 9.82 Å². The van der Waals surface area contributed by atoms with Crippen molar-refractivity contribution in [2.24, 2.45) is 0 Å². The Hall–Kier alpha value is -3.74. The molecule has 1 amide bonds. The van der Waals surface area contributed by atoms with Crippen molar-refractivity contribution in [3.05, 3.63) is 78.2 Å². The summed E-state index contributed by atoms with van der Waals surface area (Å²) in [5, 5.41) is 7.43. The molecule has 1 N–H and O–H groups in total. The highest BCUT2D eigenvalue weighted by Gasteiger charge is 2.17. The molecule has 0 radical (unpaired) electrons. The van der Waals surface area contributed by atoms with Crippen molar-refractivity contribution >= 4 is 17.4 Å². The summed E-state index contributed by atoms with van der Waals surface area (Å²) in [5.41, 5.74) is 4.04. The van der Waals surface area contributed by atoms with Crippen LogP contribution in [0.2, 0.25) is 0 Å². The number of hydrogen-bond donors (Lipinski definition) is 1. The van der Waals surface area contributed by atoms with Gasteiger partial charge >= 0.3 is 0 Å². The van der Waals surface area contributed by atoms with E-state index >= 15 is 0 Å². The average molecular weight is 388 g/mol. The van der Waals surface area contributed by atoms with Gasteiger partial charge in [-0.3, -0.25) is 9.63 Å². The number of aryl methyl sites for hydroxylation is 1. The number of rotatable bonds is 6. The fourth-order valence-electron chi connectivity index (χ4n) is 3.19. The van der Waals surface area contributed by atoms with Crippen LogP contribution in [0.4, 0.5) is 5.82 Å². The number of fused-ring (bicyclic) bond motifs is 1. The van der Waals surface area contributed by atoms with E-state index in [9.17, 15) is 4.79 Å². The zero-order valence-electron chi connectivity index (χ0n) is 16.4. The SMILES string of the molecule is CCCc1cnn2c(NC(=O)c3ccc[n+](OC)c3)cc(-c3ccccc3)nc12. The van der Waals surface area contributed by atoms with Gasteiger partial charge in [-0.1, -0.05) is 43.7 Å². The number of pyridine rings is 1. The van der Waals surface area contributed by atoms with Crippen LogP contribution >= 0.6 is 0 Å². The summed E-state index contributed by atoms with van der Waals surface area (Å²) in [5.74, 6) is 0.310. The molecule has 4 rings (SSSR count). The summed E-state index contributed by atoms with van der Waals surface area (Å²) in [7, 11) is 1.54. The molecule has 0 aliphatic heterocycles. The quantitative estimate of drug-likeness (QED) is 0.516. The molecule has 0 bridgehead atoms. The van der Waals surface area contributed by atoms with Crippen LogP contribution in [0.1, 0.15) is 29.3 Å². The lowest BCUT2D eigenvalue weighted by atomic mass is 10.1. The third-order valence-corrected chi connectivity index (χ3v) is 4.62. The summed E-state index contributed by atoms with van der Waals surface area (Å²) in [4.78, 5) is 22.8. The van der Waals surface area contributed by atoms with E-state index in [-0.39, 0.29) is 5.91 Å². The van der Waals surface area contributed by atoms with Gasteiger partial charge in [-0.25, -0.2) is 4.98 Å². The van der Waals surface area contributed by atoms with Crippen molar-refractivity contribution in [1.82, 2.24) is 14.6 Å². The summed E-state index contributed by atoms with van der Waals surface area (Å²) in [6.45, 7) is 2.12. The highest BCUT2D eigenvalue weighted by molar-refractivity contribution is 6.03. The van der Waals surface area contributed by atoms with E-state index in [1.165, 1.54) is 4.73 Å². The molecule has 0 saturated carbocycles. The Morgan fingerprint density at radius 2 is 2.03 bits per heavy atom. The van der Waals surface area contributed by atoms with Crippen LogP contribution in [0.15, 0.2) is 67.1 Å². The van der Waals surface area contributed by atoms with Crippen LogP contribution < -0.4 is 14.9 Å². The topological polar surface area (TPSA) is 72.4 Å². The minimum absolute atomic E-state index is 0.254. The summed E-state index contributed by atoms with van der Waals surface area (Å²) >= 11 is 0. The van der Waals surface area contributed by atoms with Gasteiger partial charge in [-0.05, 0) is 12.5 Å². The van der Waals surface area contributed by atoms with E-state index in [1.54, 1.807) is 36.2 Å². The minimum atomic E-state index is -0.254. The minimum Gasteiger partial charge on any atom is -0.306 e. The molecule has 3 heterocycles. The Balaban J connectivity index is 1.78. The summed E-state index contributed by atoms with van der Waals surface area (Å²) in [6.07, 6.45) is 7.02. The lowest BCUT2D eigenvalue weighted by Crippen LogP contribution is -2.40.